The van der Waals surface area contributed by atoms with Crippen LogP contribution in [0.4, 0.5) is 9.59 Å². The molecule has 2 amide bonds. The molecule has 4 fully saturated rings. The van der Waals surface area contributed by atoms with E-state index in [2.05, 4.69) is 16.0 Å². The topological polar surface area (TPSA) is 364 Å². The number of primary amides is 2. The number of ether oxygens (including phenoxy) is 5. The minimum absolute atomic E-state index is 0.0144. The van der Waals surface area contributed by atoms with Gasteiger partial charge in [0.05, 0.1) is 61.0 Å². The number of hydrogen-bond donors (Lipinski definition) is 8. The Balaban J connectivity index is 0.000000191. The SMILES string of the molecule is COC1=C(C)C(=O)C2=C(C1=O)[C@@H](COC(N)=O)[C@@]1(OC)[C@H]3N[C@H]3CN21.CO[C@@]12[C@H](COC(N)=O)C3=C(C(=O)C(C)=C(NCCSSCCC(=O)O)C3=O)N1C[C@@H]1N[C@@H]12.NCCSSCCC(=O)O. The highest BCUT2D eigenvalue weighted by Crippen LogP contribution is 2.57. The average Bonchev–Trinajstić information content (AvgIpc) is 4.13. The van der Waals surface area contributed by atoms with Gasteiger partial charge in [-0.1, -0.05) is 43.2 Å². The van der Waals surface area contributed by atoms with Crippen LogP contribution in [0.25, 0.3) is 0 Å². The second kappa shape index (κ2) is 22.1. The summed E-state index contributed by atoms with van der Waals surface area (Å²) in [5, 5.41) is 26.6. The number of ketones is 4. The molecule has 0 spiro atoms. The van der Waals surface area contributed by atoms with Crippen molar-refractivity contribution in [3.8, 4) is 0 Å². The Morgan fingerprint density at radius 2 is 1.13 bits per heavy atom. The second-order valence-electron chi connectivity index (χ2n) is 16.3. The van der Waals surface area contributed by atoms with Crippen molar-refractivity contribution in [2.75, 3.05) is 83.7 Å². The number of allylic oxidation sites excluding steroid dienone is 4. The number of aliphatic carboxylic acids is 2. The molecule has 2 aliphatic carbocycles. The second-order valence-corrected chi connectivity index (χ2v) is 21.7. The van der Waals surface area contributed by atoms with E-state index in [0.717, 1.165) is 5.75 Å². The molecule has 8 rings (SSSR count). The molecule has 68 heavy (non-hydrogen) atoms. The van der Waals surface area contributed by atoms with Gasteiger partial charge in [-0.05, 0) is 13.8 Å². The minimum Gasteiger partial charge on any atom is -0.492 e. The van der Waals surface area contributed by atoms with Crippen molar-refractivity contribution in [3.05, 3.63) is 45.1 Å². The Kier molecular flexibility index (Phi) is 17.2. The molecule has 0 unspecified atom stereocenters. The minimum atomic E-state index is -0.998. The Hall–Kier alpha value is -4.48. The van der Waals surface area contributed by atoms with Gasteiger partial charge in [0, 0.05) is 97.8 Å². The number of amides is 2. The number of methoxy groups -OCH3 is 3. The van der Waals surface area contributed by atoms with Crippen LogP contribution in [0.5, 0.6) is 0 Å². The van der Waals surface area contributed by atoms with E-state index < -0.39 is 47.4 Å². The largest absolute Gasteiger partial charge is 0.492 e. The number of nitrogens with one attached hydrogen (secondary N) is 3. The third-order valence-corrected chi connectivity index (χ3v) is 17.5. The standard InChI is InChI=1S/C20H26N4O7S2.C16H19N3O6.C5H11NO2S2/c1-9-14(22-4-6-33-32-5-3-12(25)26)17(28)13-10(8-31-19(21)29)20(30-2)18-11(23-18)7-24(20)15(13)16(9)27;1-6-11(20)10-9(12(21)13(6)23-2)7(5-25-15(17)22)16(24-3)14-8(18-14)4-19(10)16;6-2-4-10-9-3-1-5(7)8/h10-11,18,22-23H,3-8H2,1-2H3,(H2,21,29)(H,25,26);7-8,14,18H,4-5H2,1-3H3,(H2,17,22);1-4,6H2,(H,7,8)/t10-,11+,18+,20-;7-,8+,14+,16-;/m11./s1. The first-order chi connectivity index (χ1) is 32.4. The molecule has 6 heterocycles. The quantitative estimate of drug-likeness (QED) is 0.0316. The van der Waals surface area contributed by atoms with Crippen LogP contribution in [0.3, 0.4) is 0 Å². The van der Waals surface area contributed by atoms with Crippen LogP contribution >= 0.6 is 43.2 Å². The number of carbonyl (C=O) groups is 8. The van der Waals surface area contributed by atoms with Crippen molar-refractivity contribution in [1.29, 1.82) is 0 Å². The van der Waals surface area contributed by atoms with Gasteiger partial charge in [0.25, 0.3) is 0 Å². The number of carboxylic acid groups (broad SMARTS) is 2. The van der Waals surface area contributed by atoms with E-state index in [4.69, 9.17) is 51.1 Å². The van der Waals surface area contributed by atoms with Gasteiger partial charge in [-0.2, -0.15) is 0 Å². The first-order valence-electron chi connectivity index (χ1n) is 21.4. The predicted molar refractivity (Wildman–Crippen MR) is 250 cm³/mol. The van der Waals surface area contributed by atoms with E-state index >= 15 is 0 Å². The number of nitrogens with zero attached hydrogens (tertiary/aromatic N) is 2. The van der Waals surface area contributed by atoms with Gasteiger partial charge in [0.2, 0.25) is 23.1 Å². The first-order valence-corrected chi connectivity index (χ1v) is 26.4. The van der Waals surface area contributed by atoms with Crippen LogP contribution in [0, 0.1) is 11.8 Å². The molecule has 23 nitrogen and oxygen atoms in total. The average molecular weight is 1030 g/mol. The monoisotopic (exact) mass is 1030 g/mol. The lowest BCUT2D eigenvalue weighted by Crippen LogP contribution is -2.55. The Morgan fingerprint density at radius 3 is 1.56 bits per heavy atom. The van der Waals surface area contributed by atoms with Crippen molar-refractivity contribution in [3.63, 3.8) is 0 Å². The maximum Gasteiger partial charge on any atom is 0.404 e. The predicted octanol–water partition coefficient (Wildman–Crippen LogP) is -0.326. The van der Waals surface area contributed by atoms with E-state index in [-0.39, 0.29) is 102 Å². The zero-order valence-electron chi connectivity index (χ0n) is 37.9. The summed E-state index contributed by atoms with van der Waals surface area (Å²) in [4.78, 5) is 99.6. The summed E-state index contributed by atoms with van der Waals surface area (Å²) < 4.78 is 27.0. The number of hydrogen-bond acceptors (Lipinski definition) is 23. The van der Waals surface area contributed by atoms with Gasteiger partial charge < -0.3 is 76.8 Å². The zero-order chi connectivity index (χ0) is 49.8. The number of Topliss-reactive ketones (excluding diaryl/α,β-unsaturated/α-hetero) is 4. The number of fused-ring (bicyclic) bond motifs is 8. The molecule has 4 saturated heterocycles. The summed E-state index contributed by atoms with van der Waals surface area (Å²) in [6, 6.07) is 0.154. The van der Waals surface area contributed by atoms with Crippen molar-refractivity contribution >= 4 is 90.4 Å². The summed E-state index contributed by atoms with van der Waals surface area (Å²) in [6.07, 6.45) is -1.58. The van der Waals surface area contributed by atoms with E-state index in [1.54, 1.807) is 35.4 Å². The molecule has 0 saturated carbocycles. The molecular weight excluding hydrogens is 973 g/mol. The molecule has 0 bridgehead atoms. The van der Waals surface area contributed by atoms with E-state index in [0.29, 0.717) is 60.4 Å². The van der Waals surface area contributed by atoms with Crippen LogP contribution in [-0.2, 0) is 52.5 Å². The van der Waals surface area contributed by atoms with Crippen LogP contribution < -0.4 is 33.2 Å². The fourth-order valence-electron chi connectivity index (χ4n) is 9.78. The molecule has 8 aliphatic rings. The summed E-state index contributed by atoms with van der Waals surface area (Å²) >= 11 is 0. The number of nitrogens with two attached hydrogens (primary N) is 3. The highest BCUT2D eigenvalue weighted by molar-refractivity contribution is 8.77. The van der Waals surface area contributed by atoms with Crippen molar-refractivity contribution in [1.82, 2.24) is 25.8 Å². The third kappa shape index (κ3) is 9.95. The van der Waals surface area contributed by atoms with Crippen molar-refractivity contribution in [2.45, 2.75) is 62.3 Å². The van der Waals surface area contributed by atoms with E-state index in [9.17, 15) is 38.4 Å². The van der Waals surface area contributed by atoms with Crippen LogP contribution in [0.2, 0.25) is 0 Å². The Labute approximate surface area is 406 Å². The molecule has 6 aliphatic heterocycles. The molecule has 8 atom stereocenters. The van der Waals surface area contributed by atoms with Gasteiger partial charge in [0.1, 0.15) is 13.2 Å². The maximum atomic E-state index is 13.6. The molecular formula is C41H56N8O15S4. The first kappa shape index (κ1) is 52.9. The van der Waals surface area contributed by atoms with Crippen molar-refractivity contribution in [2.24, 2.45) is 29.0 Å². The lowest BCUT2D eigenvalue weighted by molar-refractivity contribution is -0.137. The zero-order valence-corrected chi connectivity index (χ0v) is 41.2. The fourth-order valence-corrected chi connectivity index (χ4v) is 13.5. The van der Waals surface area contributed by atoms with Crippen LogP contribution in [-0.4, -0.2) is 187 Å². The molecule has 0 aromatic rings. The molecule has 0 aromatic heterocycles. The summed E-state index contributed by atoms with van der Waals surface area (Å²) in [5.74, 6) is -1.42. The van der Waals surface area contributed by atoms with E-state index in [1.807, 2.05) is 9.80 Å². The van der Waals surface area contributed by atoms with E-state index in [1.165, 1.54) is 42.9 Å². The number of rotatable bonds is 21. The highest BCUT2D eigenvalue weighted by atomic mass is 33.1. The molecule has 11 N–H and O–H groups in total. The summed E-state index contributed by atoms with van der Waals surface area (Å²) in [5.41, 5.74) is 15.6. The third-order valence-electron chi connectivity index (χ3n) is 12.7. The molecule has 0 aromatic carbocycles. The lowest BCUT2D eigenvalue weighted by Gasteiger charge is -2.39. The smallest absolute Gasteiger partial charge is 0.404 e. The van der Waals surface area contributed by atoms with Gasteiger partial charge >= 0.3 is 24.1 Å². The molecule has 0 radical (unpaired) electrons. The molecule has 27 heteroatoms. The number of carboxylic acids is 2. The van der Waals surface area contributed by atoms with Gasteiger partial charge in [-0.15, -0.1) is 0 Å². The maximum absolute atomic E-state index is 13.6. The van der Waals surface area contributed by atoms with Gasteiger partial charge in [-0.3, -0.25) is 28.8 Å². The van der Waals surface area contributed by atoms with Crippen molar-refractivity contribution < 1.29 is 72.3 Å². The van der Waals surface area contributed by atoms with Gasteiger partial charge in [0.15, 0.2) is 17.2 Å². The Bertz CT molecular complexity index is 2240. The van der Waals surface area contributed by atoms with Crippen LogP contribution in [0.15, 0.2) is 45.1 Å². The summed E-state index contributed by atoms with van der Waals surface area (Å²) in [7, 11) is 10.5. The lowest BCUT2D eigenvalue weighted by atomic mass is 9.82. The normalized spacial score (nSPS) is 29.0. The number of piperazine rings is 2. The Morgan fingerprint density at radius 1 is 0.691 bits per heavy atom. The summed E-state index contributed by atoms with van der Waals surface area (Å²) in [6.45, 7) is 5.00. The van der Waals surface area contributed by atoms with Crippen LogP contribution in [0.1, 0.15) is 26.7 Å². The fraction of sp³-hybridized carbons (Fsp3) is 0.610. The molecule has 374 valence electrons. The number of carbonyl (C=O) groups excluding carboxylic acids is 6. The highest BCUT2D eigenvalue weighted by Gasteiger charge is 2.74. The van der Waals surface area contributed by atoms with Gasteiger partial charge in [-0.25, -0.2) is 9.59 Å².